The van der Waals surface area contributed by atoms with Gasteiger partial charge >= 0.3 is 5.69 Å². The first kappa shape index (κ1) is 11.3. The molecule has 1 aromatic heterocycles. The molecular weight excluding hydrogens is 216 g/mol. The van der Waals surface area contributed by atoms with Crippen molar-refractivity contribution < 1.29 is 4.79 Å². The normalized spacial score (nSPS) is 10.2. The van der Waals surface area contributed by atoms with Crippen molar-refractivity contribution in [1.29, 1.82) is 0 Å². The number of ketones is 1. The Morgan fingerprint density at radius 1 is 1.29 bits per heavy atom. The summed E-state index contributed by atoms with van der Waals surface area (Å²) >= 11 is 0. The lowest BCUT2D eigenvalue weighted by molar-refractivity contribution is 0.0969. The maximum Gasteiger partial charge on any atom is 0.347 e. The summed E-state index contributed by atoms with van der Waals surface area (Å²) in [6.07, 6.45) is 2.97. The van der Waals surface area contributed by atoms with Gasteiger partial charge in [-0.25, -0.2) is 9.78 Å². The van der Waals surface area contributed by atoms with Crippen molar-refractivity contribution >= 4 is 5.78 Å². The highest BCUT2D eigenvalue weighted by Gasteiger charge is 2.09. The van der Waals surface area contributed by atoms with Gasteiger partial charge in [-0.05, 0) is 18.6 Å². The van der Waals surface area contributed by atoms with Gasteiger partial charge in [0.1, 0.15) is 0 Å². The molecule has 4 heteroatoms. The molecule has 0 aliphatic carbocycles. The topological polar surface area (TPSA) is 52.0 Å². The summed E-state index contributed by atoms with van der Waals surface area (Å²) in [4.78, 5) is 27.0. The Bertz CT molecular complexity index is 602. The van der Waals surface area contributed by atoms with Crippen molar-refractivity contribution in [2.45, 2.75) is 13.5 Å². The molecule has 0 aliphatic rings. The number of carbonyl (C=O) groups is 1. The molecule has 0 radical (unpaired) electrons. The molecule has 1 heterocycles. The second-order valence-corrected chi connectivity index (χ2v) is 3.77. The number of hydrogen-bond acceptors (Lipinski definition) is 3. The van der Waals surface area contributed by atoms with E-state index >= 15 is 0 Å². The van der Waals surface area contributed by atoms with Crippen LogP contribution in [0, 0.1) is 6.92 Å². The summed E-state index contributed by atoms with van der Waals surface area (Å²) in [5.41, 5.74) is 1.15. The fourth-order valence-electron chi connectivity index (χ4n) is 1.63. The zero-order chi connectivity index (χ0) is 12.3. The van der Waals surface area contributed by atoms with Gasteiger partial charge in [-0.15, -0.1) is 0 Å². The van der Waals surface area contributed by atoms with Gasteiger partial charge in [0, 0.05) is 18.0 Å². The molecule has 0 unspecified atom stereocenters. The molecular formula is C13H12N2O2. The lowest BCUT2D eigenvalue weighted by atomic mass is 10.1. The van der Waals surface area contributed by atoms with Crippen LogP contribution in [0.2, 0.25) is 0 Å². The first-order valence-electron chi connectivity index (χ1n) is 5.29. The average molecular weight is 228 g/mol. The van der Waals surface area contributed by atoms with Crippen molar-refractivity contribution in [3.8, 4) is 0 Å². The quantitative estimate of drug-likeness (QED) is 0.747. The number of benzene rings is 1. The third-order valence-corrected chi connectivity index (χ3v) is 2.54. The number of hydrogen-bond donors (Lipinski definition) is 0. The molecule has 0 fully saturated rings. The van der Waals surface area contributed by atoms with Crippen LogP contribution < -0.4 is 5.69 Å². The van der Waals surface area contributed by atoms with E-state index in [9.17, 15) is 9.59 Å². The molecule has 17 heavy (non-hydrogen) atoms. The third kappa shape index (κ3) is 2.47. The Morgan fingerprint density at radius 3 is 2.76 bits per heavy atom. The van der Waals surface area contributed by atoms with Crippen LogP contribution in [-0.4, -0.2) is 15.3 Å². The number of aryl methyl sites for hydroxylation is 1. The molecule has 4 nitrogen and oxygen atoms in total. The summed E-state index contributed by atoms with van der Waals surface area (Å²) < 4.78 is 1.30. The van der Waals surface area contributed by atoms with Crippen molar-refractivity contribution in [3.05, 3.63) is 64.3 Å². The predicted octanol–water partition coefficient (Wildman–Crippen LogP) is 1.43. The van der Waals surface area contributed by atoms with Crippen LogP contribution in [0.5, 0.6) is 0 Å². The monoisotopic (exact) mass is 228 g/mol. The zero-order valence-corrected chi connectivity index (χ0v) is 9.46. The summed E-state index contributed by atoms with van der Waals surface area (Å²) in [7, 11) is 0. The van der Waals surface area contributed by atoms with Gasteiger partial charge in [0.05, 0.1) is 6.54 Å². The standard InChI is InChI=1S/C13H12N2O2/c1-10-5-2-3-6-11(10)12(16)9-15-8-4-7-14-13(15)17/h2-8H,9H2,1H3. The molecule has 0 bridgehead atoms. The highest BCUT2D eigenvalue weighted by Crippen LogP contribution is 2.08. The Balaban J connectivity index is 2.27. The van der Waals surface area contributed by atoms with E-state index in [2.05, 4.69) is 4.98 Å². The molecule has 0 N–H and O–H groups in total. The Kier molecular flexibility index (Phi) is 3.14. The first-order valence-corrected chi connectivity index (χ1v) is 5.29. The van der Waals surface area contributed by atoms with Crippen LogP contribution in [0.15, 0.2) is 47.5 Å². The van der Waals surface area contributed by atoms with E-state index in [-0.39, 0.29) is 12.3 Å². The van der Waals surface area contributed by atoms with E-state index in [1.165, 1.54) is 10.8 Å². The van der Waals surface area contributed by atoms with E-state index < -0.39 is 5.69 Å². The largest absolute Gasteiger partial charge is 0.347 e. The Hall–Kier alpha value is -2.23. The third-order valence-electron chi connectivity index (χ3n) is 2.54. The van der Waals surface area contributed by atoms with E-state index in [1.807, 2.05) is 25.1 Å². The smallest absolute Gasteiger partial charge is 0.292 e. The molecule has 86 valence electrons. The predicted molar refractivity (Wildman–Crippen MR) is 64.0 cm³/mol. The van der Waals surface area contributed by atoms with Crippen molar-refractivity contribution in [3.63, 3.8) is 0 Å². The van der Waals surface area contributed by atoms with E-state index in [4.69, 9.17) is 0 Å². The molecule has 1 aromatic carbocycles. The highest BCUT2D eigenvalue weighted by molar-refractivity contribution is 5.97. The molecule has 2 rings (SSSR count). The molecule has 0 spiro atoms. The minimum atomic E-state index is -0.408. The van der Waals surface area contributed by atoms with Crippen molar-refractivity contribution in [2.75, 3.05) is 0 Å². The average Bonchev–Trinajstić information content (AvgIpc) is 2.32. The maximum atomic E-state index is 12.0. The van der Waals surface area contributed by atoms with E-state index in [0.717, 1.165) is 5.56 Å². The molecule has 0 aliphatic heterocycles. The summed E-state index contributed by atoms with van der Waals surface area (Å²) in [6.45, 7) is 1.90. The van der Waals surface area contributed by atoms with Crippen LogP contribution in [0.25, 0.3) is 0 Å². The Labute approximate surface area is 98.6 Å². The SMILES string of the molecule is Cc1ccccc1C(=O)Cn1cccnc1=O. The van der Waals surface area contributed by atoms with E-state index in [0.29, 0.717) is 5.56 Å². The van der Waals surface area contributed by atoms with Gasteiger partial charge in [-0.1, -0.05) is 24.3 Å². The molecule has 2 aromatic rings. The minimum absolute atomic E-state index is 0.0253. The minimum Gasteiger partial charge on any atom is -0.292 e. The molecule has 0 saturated carbocycles. The van der Waals surface area contributed by atoms with Gasteiger partial charge in [-0.3, -0.25) is 9.36 Å². The maximum absolute atomic E-state index is 12.0. The van der Waals surface area contributed by atoms with Gasteiger partial charge in [0.2, 0.25) is 0 Å². The van der Waals surface area contributed by atoms with Crippen LogP contribution >= 0.6 is 0 Å². The van der Waals surface area contributed by atoms with Gasteiger partial charge in [-0.2, -0.15) is 0 Å². The fourth-order valence-corrected chi connectivity index (χ4v) is 1.63. The van der Waals surface area contributed by atoms with Crippen molar-refractivity contribution in [2.24, 2.45) is 0 Å². The second-order valence-electron chi connectivity index (χ2n) is 3.77. The lowest BCUT2D eigenvalue weighted by Crippen LogP contribution is -2.25. The van der Waals surface area contributed by atoms with Crippen LogP contribution in [-0.2, 0) is 6.54 Å². The summed E-state index contributed by atoms with van der Waals surface area (Å²) in [6, 6.07) is 8.96. The molecule has 0 atom stereocenters. The number of rotatable bonds is 3. The fraction of sp³-hybridized carbons (Fsp3) is 0.154. The Morgan fingerprint density at radius 2 is 2.06 bits per heavy atom. The van der Waals surface area contributed by atoms with Gasteiger partial charge in [0.25, 0.3) is 0 Å². The lowest BCUT2D eigenvalue weighted by Gasteiger charge is -2.05. The first-order chi connectivity index (χ1) is 8.18. The van der Waals surface area contributed by atoms with Crippen LogP contribution in [0.4, 0.5) is 0 Å². The zero-order valence-electron chi connectivity index (χ0n) is 9.46. The van der Waals surface area contributed by atoms with Crippen LogP contribution in [0.1, 0.15) is 15.9 Å². The van der Waals surface area contributed by atoms with E-state index in [1.54, 1.807) is 18.3 Å². The number of nitrogens with zero attached hydrogens (tertiary/aromatic N) is 2. The van der Waals surface area contributed by atoms with Crippen LogP contribution in [0.3, 0.4) is 0 Å². The number of carbonyl (C=O) groups excluding carboxylic acids is 1. The number of aromatic nitrogens is 2. The summed E-state index contributed by atoms with van der Waals surface area (Å²) in [5, 5.41) is 0. The molecule has 0 amide bonds. The highest BCUT2D eigenvalue weighted by atomic mass is 16.2. The second kappa shape index (κ2) is 4.74. The summed E-state index contributed by atoms with van der Waals surface area (Å²) in [5.74, 6) is -0.0850. The molecule has 0 saturated heterocycles. The van der Waals surface area contributed by atoms with Crippen molar-refractivity contribution in [1.82, 2.24) is 9.55 Å². The van der Waals surface area contributed by atoms with Gasteiger partial charge in [0.15, 0.2) is 5.78 Å². The number of Topliss-reactive ketones (excluding diaryl/α,β-unsaturated/α-hetero) is 1. The van der Waals surface area contributed by atoms with Gasteiger partial charge < -0.3 is 0 Å².